The van der Waals surface area contributed by atoms with E-state index in [-0.39, 0.29) is 12.0 Å². The van der Waals surface area contributed by atoms with Gasteiger partial charge in [-0.1, -0.05) is 25.9 Å². The van der Waals surface area contributed by atoms with Crippen molar-refractivity contribution < 1.29 is 22.9 Å². The fourth-order valence-corrected chi connectivity index (χ4v) is 4.03. The molecule has 3 rings (SSSR count). The number of hydrogen-bond acceptors (Lipinski definition) is 6. The van der Waals surface area contributed by atoms with E-state index in [2.05, 4.69) is 10.1 Å². The van der Waals surface area contributed by atoms with Gasteiger partial charge in [-0.05, 0) is 65.5 Å². The number of hydrogen-bond donors (Lipinski definition) is 0. The number of nitrogens with zero attached hydrogens (tertiary/aromatic N) is 4. The van der Waals surface area contributed by atoms with Crippen molar-refractivity contribution in [2.45, 2.75) is 68.4 Å². The maximum Gasteiger partial charge on any atom is 0.332 e. The maximum atomic E-state index is 13.2. The average Bonchev–Trinajstić information content (AvgIpc) is 3.21. The molecule has 0 N–H and O–H groups in total. The number of carbonyl (C=O) groups excluding carboxylic acids is 2. The molecule has 1 atom stereocenters. The minimum absolute atomic E-state index is 0.00455. The normalized spacial score (nSPS) is 17.0. The number of imide groups is 1. The summed E-state index contributed by atoms with van der Waals surface area (Å²) < 4.78 is 31.7. The Morgan fingerprint density at radius 3 is 2.35 bits per heavy atom. The molecule has 168 valence electrons. The van der Waals surface area contributed by atoms with E-state index in [1.54, 1.807) is 13.8 Å². The van der Waals surface area contributed by atoms with Gasteiger partial charge in [0, 0.05) is 10.3 Å². The van der Waals surface area contributed by atoms with Gasteiger partial charge in [-0.2, -0.15) is 13.8 Å². The number of halogens is 2. The van der Waals surface area contributed by atoms with Gasteiger partial charge in [0.15, 0.2) is 5.82 Å². The molecule has 1 aliphatic rings. The maximum absolute atomic E-state index is 13.2. The van der Waals surface area contributed by atoms with Crippen LogP contribution in [-0.2, 0) is 16.8 Å². The molecule has 1 aromatic carbocycles. The van der Waals surface area contributed by atoms with Gasteiger partial charge >= 0.3 is 11.0 Å². The second kappa shape index (κ2) is 8.13. The lowest BCUT2D eigenvalue weighted by Crippen LogP contribution is -2.43. The van der Waals surface area contributed by atoms with Crippen LogP contribution in [0.15, 0.2) is 33.7 Å². The van der Waals surface area contributed by atoms with E-state index >= 15 is 0 Å². The lowest BCUT2D eigenvalue weighted by atomic mass is 9.90. The summed E-state index contributed by atoms with van der Waals surface area (Å²) in [5.41, 5.74) is -1.13. The van der Waals surface area contributed by atoms with E-state index in [0.717, 1.165) is 11.3 Å². The quantitative estimate of drug-likeness (QED) is 0.321. The zero-order valence-corrected chi connectivity index (χ0v) is 19.9. The smallest absolute Gasteiger partial charge is 0.332 e. The first-order valence-electron chi connectivity index (χ1n) is 9.71. The number of benzene rings is 1. The molecule has 1 aliphatic heterocycles. The molecule has 2 aromatic rings. The van der Waals surface area contributed by atoms with E-state index in [4.69, 9.17) is 4.52 Å². The minimum Gasteiger partial charge on any atom is -0.339 e. The number of thioether (sulfide) groups is 1. The van der Waals surface area contributed by atoms with Crippen LogP contribution in [0, 0.1) is 0 Å². The van der Waals surface area contributed by atoms with Gasteiger partial charge in [-0.15, -0.1) is 0 Å². The Morgan fingerprint density at radius 1 is 1.19 bits per heavy atom. The summed E-state index contributed by atoms with van der Waals surface area (Å²) in [6.07, 6.45) is 0.798. The van der Waals surface area contributed by atoms with Crippen LogP contribution >= 0.6 is 21.0 Å². The fourth-order valence-electron chi connectivity index (χ4n) is 3.03. The monoisotopic (exact) mass is 470 g/mol. The molecule has 0 aliphatic carbocycles. The summed E-state index contributed by atoms with van der Waals surface area (Å²) in [5.74, 6) is 0.352. The highest BCUT2D eigenvalue weighted by molar-refractivity contribution is 8.03. The molecule has 0 saturated carbocycles. The van der Waals surface area contributed by atoms with Gasteiger partial charge in [0.05, 0.1) is 12.2 Å². The number of amides is 3. The van der Waals surface area contributed by atoms with Gasteiger partial charge in [0.2, 0.25) is 5.89 Å². The lowest BCUT2D eigenvalue weighted by Gasteiger charge is -2.26. The SMILES string of the molecule is CCC(C)(C)c1nc(CN2C(=O)N(c3ccc(SC(F)(F)P)cc3)C(=O)C2(C)C)no1. The summed E-state index contributed by atoms with van der Waals surface area (Å²) in [6, 6.07) is 5.32. The summed E-state index contributed by atoms with van der Waals surface area (Å²) in [7, 11) is 1.46. The van der Waals surface area contributed by atoms with Crippen molar-refractivity contribution in [1.29, 1.82) is 0 Å². The van der Waals surface area contributed by atoms with Crippen molar-refractivity contribution in [3.05, 3.63) is 36.0 Å². The molecule has 0 bridgehead atoms. The molecule has 1 fully saturated rings. The number of anilines is 1. The number of rotatable bonds is 7. The van der Waals surface area contributed by atoms with Crippen LogP contribution in [0.2, 0.25) is 0 Å². The first kappa shape index (κ1) is 23.6. The molecule has 0 spiro atoms. The molecular formula is C20H25F2N4O3PS. The Labute approximate surface area is 186 Å². The van der Waals surface area contributed by atoms with Crippen LogP contribution in [0.5, 0.6) is 0 Å². The molecule has 0 radical (unpaired) electrons. The lowest BCUT2D eigenvalue weighted by molar-refractivity contribution is -0.123. The summed E-state index contributed by atoms with van der Waals surface area (Å²) >= 11 is 0.366. The van der Waals surface area contributed by atoms with E-state index in [0.29, 0.717) is 34.1 Å². The molecule has 31 heavy (non-hydrogen) atoms. The highest BCUT2D eigenvalue weighted by atomic mass is 32.2. The third-order valence-corrected chi connectivity index (χ3v) is 6.54. The third-order valence-electron chi connectivity index (χ3n) is 5.40. The zero-order chi connectivity index (χ0) is 23.2. The summed E-state index contributed by atoms with van der Waals surface area (Å²) in [5, 5.41) is 3.98. The second-order valence-corrected chi connectivity index (χ2v) is 10.8. The molecule has 1 saturated heterocycles. The summed E-state index contributed by atoms with van der Waals surface area (Å²) in [6.45, 7) is 9.26. The minimum atomic E-state index is -3.00. The molecule has 11 heteroatoms. The molecule has 1 aromatic heterocycles. The first-order chi connectivity index (χ1) is 14.3. The van der Waals surface area contributed by atoms with Crippen molar-refractivity contribution in [2.24, 2.45) is 0 Å². The van der Waals surface area contributed by atoms with E-state index in [1.807, 2.05) is 20.8 Å². The van der Waals surface area contributed by atoms with Gasteiger partial charge in [0.1, 0.15) is 5.54 Å². The Kier molecular flexibility index (Phi) is 6.19. The fraction of sp³-hybridized carbons (Fsp3) is 0.500. The predicted octanol–water partition coefficient (Wildman–Crippen LogP) is 5.02. The second-order valence-electron chi connectivity index (χ2n) is 8.48. The van der Waals surface area contributed by atoms with E-state index in [9.17, 15) is 18.4 Å². The number of alkyl halides is 2. The standard InChI is InChI=1S/C20H25F2N4O3PS/c1-6-18(2,3)15-23-14(24-29-15)11-25-17(28)26(16(27)19(25,4)5)12-7-9-13(10-8-12)31-20(21,22)30/h7-10H,6,11,30H2,1-5H3. The summed E-state index contributed by atoms with van der Waals surface area (Å²) in [4.78, 5) is 30.3. The van der Waals surface area contributed by atoms with Crippen molar-refractivity contribution >= 4 is 38.6 Å². The van der Waals surface area contributed by atoms with Crippen LogP contribution in [0.1, 0.15) is 52.8 Å². The first-order valence-corrected chi connectivity index (χ1v) is 11.1. The number of aromatic nitrogens is 2. The van der Waals surface area contributed by atoms with Crippen molar-refractivity contribution in [2.75, 3.05) is 4.90 Å². The van der Waals surface area contributed by atoms with Crippen LogP contribution < -0.4 is 4.90 Å². The number of carbonyl (C=O) groups is 2. The highest BCUT2D eigenvalue weighted by Gasteiger charge is 2.52. The van der Waals surface area contributed by atoms with Crippen molar-refractivity contribution in [3.63, 3.8) is 0 Å². The van der Waals surface area contributed by atoms with Gasteiger partial charge in [-0.25, -0.2) is 9.69 Å². The van der Waals surface area contributed by atoms with Crippen molar-refractivity contribution in [3.8, 4) is 0 Å². The van der Waals surface area contributed by atoms with E-state index in [1.165, 1.54) is 38.4 Å². The van der Waals surface area contributed by atoms with Crippen LogP contribution in [0.25, 0.3) is 0 Å². The van der Waals surface area contributed by atoms with Crippen LogP contribution in [0.3, 0.4) is 0 Å². The molecule has 2 heterocycles. The van der Waals surface area contributed by atoms with E-state index < -0.39 is 22.5 Å². The largest absolute Gasteiger partial charge is 0.339 e. The molecule has 1 unspecified atom stereocenters. The predicted molar refractivity (Wildman–Crippen MR) is 117 cm³/mol. The Hall–Kier alpha value is -2.06. The van der Waals surface area contributed by atoms with Gasteiger partial charge in [0.25, 0.3) is 5.91 Å². The third kappa shape index (κ3) is 4.75. The van der Waals surface area contributed by atoms with Crippen LogP contribution in [-0.4, -0.2) is 37.5 Å². The van der Waals surface area contributed by atoms with Crippen LogP contribution in [0.4, 0.5) is 19.3 Å². The van der Waals surface area contributed by atoms with Gasteiger partial charge in [-0.3, -0.25) is 4.79 Å². The Bertz CT molecular complexity index is 989. The molecular weight excluding hydrogens is 445 g/mol. The Morgan fingerprint density at radius 2 is 1.81 bits per heavy atom. The highest BCUT2D eigenvalue weighted by Crippen LogP contribution is 2.42. The molecule has 3 amide bonds. The molecule has 7 nitrogen and oxygen atoms in total. The van der Waals surface area contributed by atoms with Crippen molar-refractivity contribution in [1.82, 2.24) is 15.0 Å². The topological polar surface area (TPSA) is 79.5 Å². The zero-order valence-electron chi connectivity index (χ0n) is 18.0. The number of urea groups is 1. The Balaban J connectivity index is 1.84. The van der Waals surface area contributed by atoms with Gasteiger partial charge < -0.3 is 9.42 Å². The average molecular weight is 470 g/mol.